The molecule has 2 aliphatic heterocycles. The van der Waals surface area contributed by atoms with Gasteiger partial charge < -0.3 is 4.74 Å². The Morgan fingerprint density at radius 3 is 2.38 bits per heavy atom. The standard InChI is InChI=1S/C7H6O/c1-5-2-3-6-4-7(5)8-6/h2-4H,1H3. The van der Waals surface area contributed by atoms with Crippen molar-refractivity contribution in [2.24, 2.45) is 0 Å². The highest BCUT2D eigenvalue weighted by atomic mass is 16.5. The van der Waals surface area contributed by atoms with Gasteiger partial charge in [-0.2, -0.15) is 0 Å². The minimum Gasteiger partial charge on any atom is -0.457 e. The fourth-order valence-electron chi connectivity index (χ4n) is 0.823. The van der Waals surface area contributed by atoms with Gasteiger partial charge in [0.1, 0.15) is 11.5 Å². The highest BCUT2D eigenvalue weighted by molar-refractivity contribution is 5.49. The van der Waals surface area contributed by atoms with E-state index in [2.05, 4.69) is 6.07 Å². The van der Waals surface area contributed by atoms with E-state index >= 15 is 0 Å². The van der Waals surface area contributed by atoms with E-state index in [1.807, 2.05) is 19.1 Å². The number of hydrogen-bond donors (Lipinski definition) is 0. The number of rotatable bonds is 0. The number of aryl methyl sites for hydroxylation is 1. The van der Waals surface area contributed by atoms with Crippen molar-refractivity contribution < 1.29 is 4.74 Å². The SMILES string of the molecule is Cc1ccc2cc1O2. The summed E-state index contributed by atoms with van der Waals surface area (Å²) in [4.78, 5) is 0. The van der Waals surface area contributed by atoms with E-state index in [0.29, 0.717) is 0 Å². The Morgan fingerprint density at radius 2 is 2.12 bits per heavy atom. The van der Waals surface area contributed by atoms with Crippen LogP contribution in [0.4, 0.5) is 0 Å². The predicted molar refractivity (Wildman–Crippen MR) is 31.3 cm³/mol. The Kier molecular flexibility index (Phi) is 0.519. The minimum absolute atomic E-state index is 0.991. The van der Waals surface area contributed by atoms with Gasteiger partial charge in [0.05, 0.1) is 0 Å². The zero-order chi connectivity index (χ0) is 5.56. The third-order valence-corrected chi connectivity index (χ3v) is 1.39. The monoisotopic (exact) mass is 106 g/mol. The van der Waals surface area contributed by atoms with Crippen molar-refractivity contribution in [2.45, 2.75) is 6.92 Å². The molecule has 1 aromatic rings. The van der Waals surface area contributed by atoms with Gasteiger partial charge in [0.15, 0.2) is 0 Å². The molecule has 1 heteroatoms. The fraction of sp³-hybridized carbons (Fsp3) is 0.143. The molecule has 0 aliphatic carbocycles. The Bertz CT molecular complexity index is 219. The molecule has 2 bridgehead atoms. The molecule has 0 saturated heterocycles. The van der Waals surface area contributed by atoms with Crippen LogP contribution in [0.1, 0.15) is 5.56 Å². The van der Waals surface area contributed by atoms with E-state index in [0.717, 1.165) is 11.5 Å². The normalized spacial score (nSPS) is 12.1. The lowest BCUT2D eigenvalue weighted by Crippen LogP contribution is -1.95. The minimum atomic E-state index is 0.991. The lowest BCUT2D eigenvalue weighted by Gasteiger charge is -2.17. The van der Waals surface area contributed by atoms with Crippen LogP contribution in [0.2, 0.25) is 0 Å². The van der Waals surface area contributed by atoms with E-state index in [1.54, 1.807) is 0 Å². The zero-order valence-corrected chi connectivity index (χ0v) is 4.64. The molecule has 3 rings (SSSR count). The quantitative estimate of drug-likeness (QED) is 0.499. The number of ether oxygens (including phenoxy) is 1. The average Bonchev–Trinajstić information content (AvgIpc) is 1.62. The lowest BCUT2D eigenvalue weighted by molar-refractivity contribution is 0.434. The molecule has 2 heterocycles. The van der Waals surface area contributed by atoms with Crippen LogP contribution in [0.25, 0.3) is 0 Å². The molecule has 0 saturated carbocycles. The first-order valence-corrected chi connectivity index (χ1v) is 2.65. The second-order valence-corrected chi connectivity index (χ2v) is 2.03. The van der Waals surface area contributed by atoms with Crippen molar-refractivity contribution in [1.29, 1.82) is 0 Å². The smallest absolute Gasteiger partial charge is 0.134 e. The summed E-state index contributed by atoms with van der Waals surface area (Å²) in [5.74, 6) is 2.02. The van der Waals surface area contributed by atoms with Gasteiger partial charge in [-0.1, -0.05) is 6.07 Å². The maximum atomic E-state index is 5.14. The van der Waals surface area contributed by atoms with E-state index in [1.165, 1.54) is 5.56 Å². The molecular formula is C7H6O. The molecular weight excluding hydrogens is 100 g/mol. The van der Waals surface area contributed by atoms with Crippen LogP contribution >= 0.6 is 0 Å². The fourth-order valence-corrected chi connectivity index (χ4v) is 0.823. The Morgan fingerprint density at radius 1 is 1.38 bits per heavy atom. The topological polar surface area (TPSA) is 9.23 Å². The second kappa shape index (κ2) is 1.05. The first-order valence-electron chi connectivity index (χ1n) is 2.65. The molecule has 0 spiro atoms. The van der Waals surface area contributed by atoms with Gasteiger partial charge in [-0.25, -0.2) is 0 Å². The van der Waals surface area contributed by atoms with Gasteiger partial charge in [-0.05, 0) is 18.6 Å². The molecule has 40 valence electrons. The summed E-state index contributed by atoms with van der Waals surface area (Å²) in [5, 5.41) is 0. The van der Waals surface area contributed by atoms with Crippen LogP contribution < -0.4 is 4.74 Å². The maximum absolute atomic E-state index is 5.14. The van der Waals surface area contributed by atoms with Crippen molar-refractivity contribution >= 4 is 0 Å². The summed E-state index contributed by atoms with van der Waals surface area (Å²) in [5.41, 5.74) is 1.22. The van der Waals surface area contributed by atoms with E-state index in [9.17, 15) is 0 Å². The van der Waals surface area contributed by atoms with E-state index < -0.39 is 0 Å². The molecule has 0 radical (unpaired) electrons. The highest BCUT2D eigenvalue weighted by Gasteiger charge is 2.10. The van der Waals surface area contributed by atoms with Crippen molar-refractivity contribution in [1.82, 2.24) is 0 Å². The van der Waals surface area contributed by atoms with Crippen molar-refractivity contribution in [3.63, 3.8) is 0 Å². The third kappa shape index (κ3) is 0.316. The number of fused-ring (bicyclic) bond motifs is 2. The molecule has 0 aromatic heterocycles. The Hall–Kier alpha value is -0.980. The van der Waals surface area contributed by atoms with E-state index in [-0.39, 0.29) is 0 Å². The largest absolute Gasteiger partial charge is 0.457 e. The molecule has 2 aliphatic rings. The van der Waals surface area contributed by atoms with Crippen LogP contribution in [0, 0.1) is 6.92 Å². The van der Waals surface area contributed by atoms with Gasteiger partial charge >= 0.3 is 0 Å². The van der Waals surface area contributed by atoms with E-state index in [4.69, 9.17) is 4.74 Å². The van der Waals surface area contributed by atoms with Gasteiger partial charge in [-0.3, -0.25) is 0 Å². The van der Waals surface area contributed by atoms with Gasteiger partial charge in [-0.15, -0.1) is 0 Å². The van der Waals surface area contributed by atoms with Crippen molar-refractivity contribution in [2.75, 3.05) is 0 Å². The Labute approximate surface area is 47.9 Å². The lowest BCUT2D eigenvalue weighted by atomic mass is 10.1. The van der Waals surface area contributed by atoms with Gasteiger partial charge in [0, 0.05) is 6.07 Å². The summed E-state index contributed by atoms with van der Waals surface area (Å²) >= 11 is 0. The van der Waals surface area contributed by atoms with Gasteiger partial charge in [0.2, 0.25) is 0 Å². The molecule has 8 heavy (non-hydrogen) atoms. The van der Waals surface area contributed by atoms with Crippen molar-refractivity contribution in [3.05, 3.63) is 23.8 Å². The summed E-state index contributed by atoms with van der Waals surface area (Å²) in [6.07, 6.45) is 0. The summed E-state index contributed by atoms with van der Waals surface area (Å²) < 4.78 is 5.14. The second-order valence-electron chi connectivity index (χ2n) is 2.03. The first kappa shape index (κ1) is 3.96. The van der Waals surface area contributed by atoms with Crippen LogP contribution in [0.3, 0.4) is 0 Å². The van der Waals surface area contributed by atoms with Crippen LogP contribution in [0.15, 0.2) is 18.2 Å². The average molecular weight is 106 g/mol. The zero-order valence-electron chi connectivity index (χ0n) is 4.64. The maximum Gasteiger partial charge on any atom is 0.134 e. The summed E-state index contributed by atoms with van der Waals surface area (Å²) in [7, 11) is 0. The van der Waals surface area contributed by atoms with Gasteiger partial charge in [0.25, 0.3) is 0 Å². The first-order chi connectivity index (χ1) is 3.86. The highest BCUT2D eigenvalue weighted by Crippen LogP contribution is 2.36. The van der Waals surface area contributed by atoms with Crippen LogP contribution in [-0.2, 0) is 0 Å². The summed E-state index contributed by atoms with van der Waals surface area (Å²) in [6, 6.07) is 6.08. The molecule has 0 N–H and O–H groups in total. The molecule has 1 nitrogen and oxygen atoms in total. The van der Waals surface area contributed by atoms with Crippen LogP contribution in [0.5, 0.6) is 11.5 Å². The molecule has 0 amide bonds. The predicted octanol–water partition coefficient (Wildman–Crippen LogP) is 2.10. The molecule has 0 unspecified atom stereocenters. The number of benzene rings is 1. The molecule has 0 atom stereocenters. The third-order valence-electron chi connectivity index (χ3n) is 1.39. The molecule has 1 aromatic carbocycles. The number of hydrogen-bond acceptors (Lipinski definition) is 1. The summed E-state index contributed by atoms with van der Waals surface area (Å²) in [6.45, 7) is 2.04. The molecule has 0 fully saturated rings. The Balaban J connectivity index is 2.72. The van der Waals surface area contributed by atoms with Crippen LogP contribution in [-0.4, -0.2) is 0 Å². The van der Waals surface area contributed by atoms with Crippen molar-refractivity contribution in [3.8, 4) is 11.5 Å².